The maximum Gasteiger partial charge on any atom is 0.225 e. The molecule has 37 heavy (non-hydrogen) atoms. The average Bonchev–Trinajstić information content (AvgIpc) is 3.19. The third kappa shape index (κ3) is 6.25. The van der Waals surface area contributed by atoms with Crippen LogP contribution in [-0.2, 0) is 28.0 Å². The maximum absolute atomic E-state index is 14.1. The Morgan fingerprint density at radius 2 is 1.84 bits per heavy atom. The first kappa shape index (κ1) is 26.6. The molecule has 198 valence electrons. The molecule has 12 heteroatoms. The Morgan fingerprint density at radius 1 is 1.05 bits per heavy atom. The summed E-state index contributed by atoms with van der Waals surface area (Å²) in [5.41, 5.74) is 1.71. The molecule has 0 spiro atoms. The fourth-order valence-electron chi connectivity index (χ4n) is 4.10. The number of imidazole rings is 1. The molecule has 1 atom stereocenters. The lowest BCUT2D eigenvalue weighted by atomic mass is 10.2. The second-order valence-electron chi connectivity index (χ2n) is 8.78. The molecule has 4 rings (SSSR count). The van der Waals surface area contributed by atoms with Crippen molar-refractivity contribution in [3.8, 4) is 5.75 Å². The van der Waals surface area contributed by atoms with E-state index in [2.05, 4.69) is 25.6 Å². The van der Waals surface area contributed by atoms with E-state index >= 15 is 0 Å². The van der Waals surface area contributed by atoms with Crippen LogP contribution in [0.15, 0.2) is 36.4 Å². The Hall–Kier alpha value is -3.51. The number of nitrogens with one attached hydrogen (secondary N) is 2. The molecule has 10 nitrogen and oxygen atoms in total. The van der Waals surface area contributed by atoms with Gasteiger partial charge in [-0.3, -0.25) is 0 Å². The van der Waals surface area contributed by atoms with Crippen molar-refractivity contribution in [3.05, 3.63) is 48.0 Å². The van der Waals surface area contributed by atoms with Crippen LogP contribution in [0, 0.1) is 5.82 Å². The van der Waals surface area contributed by atoms with Gasteiger partial charge in [-0.05, 0) is 30.7 Å². The predicted octanol–water partition coefficient (Wildman–Crippen LogP) is 3.18. The molecule has 0 amide bonds. The standard InChI is InChI=1S/C25H31FN6O4S/c1-32-19-9-6-8-18(26)23(19)29-21(32)11-13-27-25-30-22-17(7-5-10-20(22)36-3)24(31-25)28-15-16(35-2)12-14-37(4,33)34/h5-10,16H,11-15H2,1-4H3,(H2,27,28,30,31). The smallest absolute Gasteiger partial charge is 0.225 e. The number of methoxy groups -OCH3 is 2. The lowest BCUT2D eigenvalue weighted by Crippen LogP contribution is -2.25. The van der Waals surface area contributed by atoms with E-state index < -0.39 is 9.84 Å². The first-order chi connectivity index (χ1) is 17.7. The molecule has 0 bridgehead atoms. The van der Waals surface area contributed by atoms with E-state index in [0.717, 1.165) is 16.7 Å². The highest BCUT2D eigenvalue weighted by atomic mass is 32.2. The largest absolute Gasteiger partial charge is 0.494 e. The van der Waals surface area contributed by atoms with Gasteiger partial charge in [0.1, 0.15) is 38.3 Å². The van der Waals surface area contributed by atoms with Crippen LogP contribution in [0.4, 0.5) is 16.2 Å². The maximum atomic E-state index is 14.1. The van der Waals surface area contributed by atoms with Gasteiger partial charge >= 0.3 is 0 Å². The van der Waals surface area contributed by atoms with Crippen LogP contribution in [0.3, 0.4) is 0 Å². The molecule has 1 unspecified atom stereocenters. The van der Waals surface area contributed by atoms with E-state index in [9.17, 15) is 12.8 Å². The van der Waals surface area contributed by atoms with Gasteiger partial charge in [0.25, 0.3) is 0 Å². The summed E-state index contributed by atoms with van der Waals surface area (Å²) in [6.07, 6.45) is 1.77. The lowest BCUT2D eigenvalue weighted by Gasteiger charge is -2.18. The van der Waals surface area contributed by atoms with Gasteiger partial charge in [-0.15, -0.1) is 0 Å². The highest BCUT2D eigenvalue weighted by Gasteiger charge is 2.16. The molecule has 2 N–H and O–H groups in total. The lowest BCUT2D eigenvalue weighted by molar-refractivity contribution is 0.110. The Morgan fingerprint density at radius 3 is 2.54 bits per heavy atom. The van der Waals surface area contributed by atoms with E-state index in [1.54, 1.807) is 20.3 Å². The summed E-state index contributed by atoms with van der Waals surface area (Å²) in [5.74, 6) is 1.96. The van der Waals surface area contributed by atoms with Crippen molar-refractivity contribution in [2.75, 3.05) is 50.0 Å². The van der Waals surface area contributed by atoms with Crippen molar-refractivity contribution in [2.24, 2.45) is 7.05 Å². The van der Waals surface area contributed by atoms with Crippen molar-refractivity contribution in [3.63, 3.8) is 0 Å². The minimum atomic E-state index is -3.10. The number of sulfone groups is 1. The van der Waals surface area contributed by atoms with Crippen LogP contribution in [0.1, 0.15) is 12.2 Å². The van der Waals surface area contributed by atoms with E-state index in [4.69, 9.17) is 9.47 Å². The monoisotopic (exact) mass is 530 g/mol. The third-order valence-corrected chi connectivity index (χ3v) is 7.11. The summed E-state index contributed by atoms with van der Waals surface area (Å²) in [7, 11) is 1.89. The quantitative estimate of drug-likeness (QED) is 0.284. The number of anilines is 2. The number of hydrogen-bond acceptors (Lipinski definition) is 9. The summed E-state index contributed by atoms with van der Waals surface area (Å²) >= 11 is 0. The van der Waals surface area contributed by atoms with Crippen LogP contribution in [0.25, 0.3) is 21.9 Å². The molecule has 0 radical (unpaired) electrons. The minimum absolute atomic E-state index is 0.0322. The van der Waals surface area contributed by atoms with Gasteiger partial charge in [-0.25, -0.2) is 22.8 Å². The SMILES string of the molecule is COc1cccc2c(NCC(CCS(C)(=O)=O)OC)nc(NCCc3nc4c(F)cccc4n3C)nc12. The van der Waals surface area contributed by atoms with Crippen molar-refractivity contribution in [1.29, 1.82) is 0 Å². The molecule has 0 saturated heterocycles. The fourth-order valence-corrected chi connectivity index (χ4v) is 4.79. The van der Waals surface area contributed by atoms with E-state index in [1.165, 1.54) is 12.3 Å². The number of halogens is 1. The van der Waals surface area contributed by atoms with Crippen molar-refractivity contribution in [2.45, 2.75) is 18.9 Å². The predicted molar refractivity (Wildman–Crippen MR) is 143 cm³/mol. The second-order valence-corrected chi connectivity index (χ2v) is 11.0. The number of fused-ring (bicyclic) bond motifs is 2. The van der Waals surface area contributed by atoms with Crippen LogP contribution < -0.4 is 15.4 Å². The first-order valence-electron chi connectivity index (χ1n) is 11.8. The van der Waals surface area contributed by atoms with E-state index in [0.29, 0.717) is 54.5 Å². The van der Waals surface area contributed by atoms with Gasteiger partial charge in [0.15, 0.2) is 5.82 Å². The van der Waals surface area contributed by atoms with Gasteiger partial charge in [-0.2, -0.15) is 4.98 Å². The summed E-state index contributed by atoms with van der Waals surface area (Å²) < 4.78 is 50.1. The molecule has 2 heterocycles. The second kappa shape index (κ2) is 11.3. The molecule has 2 aromatic carbocycles. The van der Waals surface area contributed by atoms with Gasteiger partial charge in [0.05, 0.1) is 24.5 Å². The molecule has 0 aliphatic rings. The number of ether oxygens (including phenoxy) is 2. The number of hydrogen-bond donors (Lipinski definition) is 2. The highest BCUT2D eigenvalue weighted by molar-refractivity contribution is 7.90. The van der Waals surface area contributed by atoms with Crippen LogP contribution in [0.5, 0.6) is 5.75 Å². The summed E-state index contributed by atoms with van der Waals surface area (Å²) in [5, 5.41) is 7.28. The van der Waals surface area contributed by atoms with Crippen molar-refractivity contribution < 1.29 is 22.3 Å². The zero-order chi connectivity index (χ0) is 26.6. The number of benzene rings is 2. The number of para-hydroxylation sites is 2. The van der Waals surface area contributed by atoms with Gasteiger partial charge in [0.2, 0.25) is 5.95 Å². The van der Waals surface area contributed by atoms with E-state index in [1.807, 2.05) is 35.9 Å². The van der Waals surface area contributed by atoms with Gasteiger partial charge < -0.3 is 24.7 Å². The Labute approximate surface area is 215 Å². The molecular weight excluding hydrogens is 499 g/mol. The Balaban J connectivity index is 1.53. The number of rotatable bonds is 12. The summed E-state index contributed by atoms with van der Waals surface area (Å²) in [6, 6.07) is 10.5. The Kier molecular flexibility index (Phi) is 8.08. The number of aryl methyl sites for hydroxylation is 1. The molecule has 0 saturated carbocycles. The number of nitrogens with zero attached hydrogens (tertiary/aromatic N) is 4. The van der Waals surface area contributed by atoms with Crippen molar-refractivity contribution >= 4 is 43.5 Å². The molecular formula is C25H31FN6O4S. The van der Waals surface area contributed by atoms with Gasteiger partial charge in [-0.1, -0.05) is 12.1 Å². The Bertz CT molecular complexity index is 1510. The first-order valence-corrected chi connectivity index (χ1v) is 13.9. The normalized spacial score (nSPS) is 12.7. The summed E-state index contributed by atoms with van der Waals surface area (Å²) in [6.45, 7) is 0.828. The molecule has 2 aromatic heterocycles. The third-order valence-electron chi connectivity index (χ3n) is 6.14. The zero-order valence-electron chi connectivity index (χ0n) is 21.3. The van der Waals surface area contributed by atoms with E-state index in [-0.39, 0.29) is 17.7 Å². The van der Waals surface area contributed by atoms with Crippen molar-refractivity contribution in [1.82, 2.24) is 19.5 Å². The molecule has 0 aliphatic carbocycles. The molecule has 0 fully saturated rings. The molecule has 0 aliphatic heterocycles. The topological polar surface area (TPSA) is 120 Å². The number of aromatic nitrogens is 4. The fraction of sp³-hybridized carbons (Fsp3) is 0.400. The van der Waals surface area contributed by atoms with Crippen LogP contribution >= 0.6 is 0 Å². The van der Waals surface area contributed by atoms with Gasteiger partial charge in [0, 0.05) is 45.3 Å². The average molecular weight is 531 g/mol. The summed E-state index contributed by atoms with van der Waals surface area (Å²) in [4.78, 5) is 13.7. The highest BCUT2D eigenvalue weighted by Crippen LogP contribution is 2.29. The minimum Gasteiger partial charge on any atom is -0.494 e. The molecule has 4 aromatic rings. The van der Waals surface area contributed by atoms with Crippen LogP contribution in [0.2, 0.25) is 0 Å². The zero-order valence-corrected chi connectivity index (χ0v) is 22.1. The van der Waals surface area contributed by atoms with Crippen LogP contribution in [-0.4, -0.2) is 73.4 Å².